The summed E-state index contributed by atoms with van der Waals surface area (Å²) in [5.41, 5.74) is 0. The van der Waals surface area contributed by atoms with Crippen molar-refractivity contribution in [2.45, 2.75) is 408 Å². The van der Waals surface area contributed by atoms with E-state index < -0.39 is 24.6 Å². The summed E-state index contributed by atoms with van der Waals surface area (Å²) in [5.74, 6) is 0.837. The van der Waals surface area contributed by atoms with Gasteiger partial charge in [-0.2, -0.15) is 0 Å². The van der Waals surface area contributed by atoms with Gasteiger partial charge >= 0.3 is 24.6 Å². The van der Waals surface area contributed by atoms with Crippen molar-refractivity contribution in [2.75, 3.05) is 112 Å². The number of ether oxygens (including phenoxy) is 10. The smallest absolute Gasteiger partial charge is 0.434 e. The lowest BCUT2D eigenvalue weighted by molar-refractivity contribution is -0.0602. The van der Waals surface area contributed by atoms with Crippen LogP contribution in [-0.2, 0) is 47.4 Å². The first-order chi connectivity index (χ1) is 50.2. The van der Waals surface area contributed by atoms with Crippen LogP contribution in [0.5, 0.6) is 0 Å². The Morgan fingerprint density at radius 1 is 0.206 bits per heavy atom. The van der Waals surface area contributed by atoms with Crippen LogP contribution in [0, 0.1) is 11.8 Å². The molecule has 0 saturated carbocycles. The zero-order valence-electron chi connectivity index (χ0n) is 68.1. The molecule has 0 spiro atoms. The molecule has 0 aliphatic rings. The van der Waals surface area contributed by atoms with E-state index in [1.165, 1.54) is 218 Å². The SMILES string of the molecule is CCCCCCCCCCCOC(=O)OCCCCCN(CCCCCOC(=O)OCCCCCCCCCCC)CCOCOCCCN(CCCCCCOC(=O)OCC(CCCCCC)CCCCCCCC)CCCCCCOC(=O)OCC(CCCCCC)CCCCCCCC. The van der Waals surface area contributed by atoms with Crippen LogP contribution >= 0.6 is 0 Å². The molecule has 0 heterocycles. The third-order valence-corrected chi connectivity index (χ3v) is 20.0. The maximum Gasteiger partial charge on any atom is 0.508 e. The summed E-state index contributed by atoms with van der Waals surface area (Å²) >= 11 is 0. The Hall–Kier alpha value is -3.08. The molecule has 0 N–H and O–H groups in total. The molecule has 2 unspecified atom stereocenters. The fraction of sp³-hybridized carbons (Fsp3) is 0.953. The monoisotopic (exact) mass is 1450 g/mol. The second-order valence-electron chi connectivity index (χ2n) is 29.8. The minimum absolute atomic E-state index is 0.246. The van der Waals surface area contributed by atoms with Crippen LogP contribution in [0.25, 0.3) is 0 Å². The van der Waals surface area contributed by atoms with E-state index in [0.717, 1.165) is 187 Å². The highest BCUT2D eigenvalue weighted by Crippen LogP contribution is 2.23. The first kappa shape index (κ1) is 98.9. The second kappa shape index (κ2) is 83.6. The lowest BCUT2D eigenvalue weighted by atomic mass is 9.95. The molecular formula is C86H168N2O14. The van der Waals surface area contributed by atoms with Gasteiger partial charge in [0.25, 0.3) is 0 Å². The number of nitrogens with zero attached hydrogens (tertiary/aromatic N) is 2. The van der Waals surface area contributed by atoms with Crippen molar-refractivity contribution in [3.63, 3.8) is 0 Å². The quantitative estimate of drug-likeness (QED) is 0.0244. The van der Waals surface area contributed by atoms with Crippen molar-refractivity contribution < 1.29 is 66.5 Å². The molecule has 0 bridgehead atoms. The predicted octanol–water partition coefficient (Wildman–Crippen LogP) is 25.8. The standard InChI is InChI=1S/C86H168N2O14/c1-7-13-19-25-29-31-33-39-53-71-95-83(89)97-75-57-43-51-66-88(67-52-44-58-76-98-84(90)96-72-54-40-34-32-30-26-20-14-8-2)69-77-94-80-93-70-59-68-87(64-49-37-41-55-73-99-85(91)101-78-81(60-45-23-17-11-5)62-47-35-27-21-15-9-3)65-50-38-42-56-74-100-86(92)102-79-82(61-46-24-18-12-6)63-48-36-28-22-16-10-4/h81-82H,7-80H2,1-6H3. The molecule has 0 fully saturated rings. The number of carbonyl (C=O) groups is 4. The Morgan fingerprint density at radius 3 is 0.706 bits per heavy atom. The highest BCUT2D eigenvalue weighted by Gasteiger charge is 2.17. The predicted molar refractivity (Wildman–Crippen MR) is 423 cm³/mol. The minimum atomic E-state index is -0.560. The average Bonchev–Trinajstić information content (AvgIpc) is 2.47. The van der Waals surface area contributed by atoms with E-state index in [1.807, 2.05) is 0 Å². The van der Waals surface area contributed by atoms with Gasteiger partial charge in [-0.1, -0.05) is 298 Å². The van der Waals surface area contributed by atoms with Gasteiger partial charge in [0.15, 0.2) is 0 Å². The van der Waals surface area contributed by atoms with Crippen LogP contribution in [0.15, 0.2) is 0 Å². The molecule has 0 rings (SSSR count). The summed E-state index contributed by atoms with van der Waals surface area (Å²) in [7, 11) is 0. The topological polar surface area (TPSA) is 167 Å². The molecule has 0 saturated heterocycles. The summed E-state index contributed by atoms with van der Waals surface area (Å²) in [4.78, 5) is 54.8. The van der Waals surface area contributed by atoms with E-state index in [-0.39, 0.29) is 6.79 Å². The molecule has 0 aromatic rings. The van der Waals surface area contributed by atoms with Crippen molar-refractivity contribution in [1.29, 1.82) is 0 Å². The Bertz CT molecular complexity index is 1600. The molecule has 0 amide bonds. The van der Waals surface area contributed by atoms with Gasteiger partial charge in [0, 0.05) is 13.1 Å². The lowest BCUT2D eigenvalue weighted by Gasteiger charge is -2.23. The van der Waals surface area contributed by atoms with E-state index in [2.05, 4.69) is 51.3 Å². The second-order valence-corrected chi connectivity index (χ2v) is 29.8. The molecular weight excluding hydrogens is 1280 g/mol. The van der Waals surface area contributed by atoms with Gasteiger partial charge in [-0.25, -0.2) is 19.2 Å². The third kappa shape index (κ3) is 76.6. The largest absolute Gasteiger partial charge is 0.508 e. The zero-order valence-corrected chi connectivity index (χ0v) is 68.1. The van der Waals surface area contributed by atoms with E-state index in [4.69, 9.17) is 47.4 Å². The Morgan fingerprint density at radius 2 is 0.412 bits per heavy atom. The normalized spacial score (nSPS) is 12.1. The number of carbonyl (C=O) groups excluding carboxylic acids is 4. The van der Waals surface area contributed by atoms with E-state index >= 15 is 0 Å². The lowest BCUT2D eigenvalue weighted by Crippen LogP contribution is -2.30. The van der Waals surface area contributed by atoms with Gasteiger partial charge in [-0.15, -0.1) is 0 Å². The van der Waals surface area contributed by atoms with Crippen molar-refractivity contribution in [3.05, 3.63) is 0 Å². The molecule has 2 atom stereocenters. The van der Waals surface area contributed by atoms with Gasteiger partial charge in [0.1, 0.15) is 6.79 Å². The summed E-state index contributed by atoms with van der Waals surface area (Å²) in [6.07, 6.45) is 63.7. The molecule has 0 aliphatic carbocycles. The molecule has 0 aliphatic heterocycles. The van der Waals surface area contributed by atoms with Crippen molar-refractivity contribution in [1.82, 2.24) is 9.80 Å². The average molecular weight is 1450 g/mol. The van der Waals surface area contributed by atoms with Crippen molar-refractivity contribution in [2.24, 2.45) is 11.8 Å². The van der Waals surface area contributed by atoms with Gasteiger partial charge in [-0.05, 0) is 147 Å². The number of hydrogen-bond donors (Lipinski definition) is 0. The summed E-state index contributed by atoms with van der Waals surface area (Å²) < 4.78 is 56.1. The molecule has 16 nitrogen and oxygen atoms in total. The molecule has 0 aromatic carbocycles. The van der Waals surface area contributed by atoms with Gasteiger partial charge < -0.3 is 57.2 Å². The van der Waals surface area contributed by atoms with Crippen LogP contribution in [0.4, 0.5) is 19.2 Å². The fourth-order valence-corrected chi connectivity index (χ4v) is 13.3. The van der Waals surface area contributed by atoms with Crippen molar-refractivity contribution >= 4 is 24.6 Å². The van der Waals surface area contributed by atoms with Crippen LogP contribution < -0.4 is 0 Å². The highest BCUT2D eigenvalue weighted by molar-refractivity contribution is 5.60. The summed E-state index contributed by atoms with van der Waals surface area (Å²) in [6, 6.07) is 0. The maximum absolute atomic E-state index is 12.7. The molecule has 606 valence electrons. The van der Waals surface area contributed by atoms with Crippen molar-refractivity contribution in [3.8, 4) is 0 Å². The van der Waals surface area contributed by atoms with Gasteiger partial charge in [0.2, 0.25) is 0 Å². The maximum atomic E-state index is 12.7. The van der Waals surface area contributed by atoms with Crippen LogP contribution in [0.2, 0.25) is 0 Å². The molecule has 102 heavy (non-hydrogen) atoms. The summed E-state index contributed by atoms with van der Waals surface area (Å²) in [5, 5.41) is 0. The van der Waals surface area contributed by atoms with Gasteiger partial charge in [0.05, 0.1) is 66.1 Å². The fourth-order valence-electron chi connectivity index (χ4n) is 13.3. The molecule has 0 radical (unpaired) electrons. The van der Waals surface area contributed by atoms with E-state index in [1.54, 1.807) is 0 Å². The first-order valence-corrected chi connectivity index (χ1v) is 44.0. The van der Waals surface area contributed by atoms with Crippen LogP contribution in [-0.4, -0.2) is 147 Å². The minimum Gasteiger partial charge on any atom is -0.434 e. The third-order valence-electron chi connectivity index (χ3n) is 20.0. The Balaban J connectivity index is 5.23. The van der Waals surface area contributed by atoms with Crippen LogP contribution in [0.1, 0.15) is 408 Å². The Kier molecular flexibility index (Phi) is 81.0. The highest BCUT2D eigenvalue weighted by atomic mass is 16.7. The molecule has 16 heteroatoms. The number of unbranched alkanes of at least 4 members (excludes halogenated alkanes) is 42. The number of rotatable bonds is 83. The van der Waals surface area contributed by atoms with Gasteiger partial charge in [-0.3, -0.25) is 0 Å². The molecule has 0 aromatic heterocycles. The first-order valence-electron chi connectivity index (χ1n) is 44.0. The summed E-state index contributed by atoms with van der Waals surface area (Å²) in [6.45, 7) is 23.8. The Labute approximate surface area is 629 Å². The van der Waals surface area contributed by atoms with Crippen LogP contribution in [0.3, 0.4) is 0 Å². The number of hydrogen-bond acceptors (Lipinski definition) is 16. The van der Waals surface area contributed by atoms with E-state index in [9.17, 15) is 19.2 Å². The van der Waals surface area contributed by atoms with E-state index in [0.29, 0.717) is 77.9 Å². The zero-order chi connectivity index (χ0) is 74.0.